The number of hydrogen-bond acceptors (Lipinski definition) is 3. The monoisotopic (exact) mass is 396 g/mol. The minimum absolute atomic E-state index is 0.186. The summed E-state index contributed by atoms with van der Waals surface area (Å²) in [6.07, 6.45) is 3.39. The van der Waals surface area contributed by atoms with Crippen molar-refractivity contribution in [1.29, 1.82) is 5.26 Å². The van der Waals surface area contributed by atoms with Crippen LogP contribution in [0.1, 0.15) is 57.9 Å². The number of hydrogen-bond donors (Lipinski definition) is 0. The van der Waals surface area contributed by atoms with Crippen LogP contribution in [-0.2, 0) is 4.74 Å². The molecule has 0 spiro atoms. The highest BCUT2D eigenvalue weighted by molar-refractivity contribution is 6.42. The van der Waals surface area contributed by atoms with Gasteiger partial charge >= 0.3 is 6.09 Å². The number of ether oxygens (including phenoxy) is 1. The number of carbonyl (C=O) groups is 1. The molecule has 142 valence electrons. The molecule has 26 heavy (non-hydrogen) atoms. The Morgan fingerprint density at radius 2 is 1.96 bits per heavy atom. The largest absolute Gasteiger partial charge is 0.444 e. The van der Waals surface area contributed by atoms with E-state index in [9.17, 15) is 10.1 Å². The highest BCUT2D eigenvalue weighted by Crippen LogP contribution is 2.31. The molecule has 1 aromatic carbocycles. The molecule has 0 N–H and O–H groups in total. The summed E-state index contributed by atoms with van der Waals surface area (Å²) in [4.78, 5) is 13.9. The second-order valence-electron chi connectivity index (χ2n) is 7.84. The number of rotatable bonds is 4. The number of nitriles is 1. The molecule has 1 heterocycles. The summed E-state index contributed by atoms with van der Waals surface area (Å²) < 4.78 is 5.43. The zero-order chi connectivity index (χ0) is 19.3. The number of nitrogens with zero attached hydrogens (tertiary/aromatic N) is 2. The van der Waals surface area contributed by atoms with Gasteiger partial charge in [-0.2, -0.15) is 5.26 Å². The summed E-state index contributed by atoms with van der Waals surface area (Å²) in [7, 11) is 0. The average molecular weight is 397 g/mol. The van der Waals surface area contributed by atoms with Crippen LogP contribution in [0.2, 0.25) is 10.0 Å². The van der Waals surface area contributed by atoms with Gasteiger partial charge in [-0.05, 0) is 70.1 Å². The van der Waals surface area contributed by atoms with Gasteiger partial charge in [0.2, 0.25) is 0 Å². The van der Waals surface area contributed by atoms with E-state index in [2.05, 4.69) is 6.07 Å². The first-order valence-electron chi connectivity index (χ1n) is 9.02. The van der Waals surface area contributed by atoms with Gasteiger partial charge in [0.1, 0.15) is 5.60 Å². The lowest BCUT2D eigenvalue weighted by Gasteiger charge is -2.33. The molecule has 1 unspecified atom stereocenters. The normalized spacial score (nSPS) is 16.8. The Morgan fingerprint density at radius 3 is 2.50 bits per heavy atom. The van der Waals surface area contributed by atoms with Crippen molar-refractivity contribution in [3.8, 4) is 6.07 Å². The van der Waals surface area contributed by atoms with Crippen LogP contribution in [-0.4, -0.2) is 29.7 Å². The van der Waals surface area contributed by atoms with Gasteiger partial charge in [-0.1, -0.05) is 29.3 Å². The molecule has 4 nitrogen and oxygen atoms in total. The minimum atomic E-state index is -0.464. The first-order valence-corrected chi connectivity index (χ1v) is 9.77. The number of amides is 1. The van der Waals surface area contributed by atoms with Crippen LogP contribution in [0.15, 0.2) is 18.2 Å². The molecule has 1 saturated heterocycles. The molecule has 1 amide bonds. The zero-order valence-electron chi connectivity index (χ0n) is 15.6. The third kappa shape index (κ3) is 6.07. The second kappa shape index (κ2) is 8.97. The van der Waals surface area contributed by atoms with Crippen LogP contribution >= 0.6 is 23.2 Å². The molecule has 6 heteroatoms. The van der Waals surface area contributed by atoms with Crippen molar-refractivity contribution in [2.45, 2.75) is 58.0 Å². The van der Waals surface area contributed by atoms with E-state index in [1.807, 2.05) is 26.8 Å². The molecule has 0 aliphatic carbocycles. The van der Waals surface area contributed by atoms with Crippen molar-refractivity contribution < 1.29 is 9.53 Å². The van der Waals surface area contributed by atoms with Crippen molar-refractivity contribution in [2.75, 3.05) is 13.1 Å². The van der Waals surface area contributed by atoms with Gasteiger partial charge in [0.05, 0.1) is 22.0 Å². The number of halogens is 2. The Bertz CT molecular complexity index is 671. The van der Waals surface area contributed by atoms with E-state index in [0.717, 1.165) is 31.2 Å². The first-order chi connectivity index (χ1) is 12.2. The van der Waals surface area contributed by atoms with Crippen LogP contribution in [0.5, 0.6) is 0 Å². The molecule has 2 rings (SSSR count). The van der Waals surface area contributed by atoms with E-state index < -0.39 is 5.60 Å². The van der Waals surface area contributed by atoms with Crippen molar-refractivity contribution >= 4 is 29.3 Å². The molecular formula is C20H26Cl2N2O2. The standard InChI is InChI=1S/C20H26Cl2N2O2/c1-20(2,3)26-19(25)24-10-8-14(9-11-24)4-5-16(13-23)15-6-7-17(21)18(22)12-15/h6-7,12,14,16H,4-5,8-11H2,1-3H3. The predicted molar refractivity (Wildman–Crippen MR) is 105 cm³/mol. The van der Waals surface area contributed by atoms with E-state index in [4.69, 9.17) is 27.9 Å². The smallest absolute Gasteiger partial charge is 0.410 e. The zero-order valence-corrected chi connectivity index (χ0v) is 17.1. The molecule has 0 aromatic heterocycles. The quantitative estimate of drug-likeness (QED) is 0.624. The number of likely N-dealkylation sites (tertiary alicyclic amines) is 1. The summed E-state index contributed by atoms with van der Waals surface area (Å²) in [5, 5.41) is 10.5. The van der Waals surface area contributed by atoms with Crippen LogP contribution in [0.25, 0.3) is 0 Å². The molecule has 0 saturated carbocycles. The van der Waals surface area contributed by atoms with E-state index in [0.29, 0.717) is 29.1 Å². The Morgan fingerprint density at radius 1 is 1.31 bits per heavy atom. The molecule has 1 fully saturated rings. The summed E-state index contributed by atoms with van der Waals surface area (Å²) >= 11 is 12.0. The fourth-order valence-electron chi connectivity index (χ4n) is 3.17. The lowest BCUT2D eigenvalue weighted by Crippen LogP contribution is -2.41. The SMILES string of the molecule is CC(C)(C)OC(=O)N1CCC(CCC(C#N)c2ccc(Cl)c(Cl)c2)CC1. The number of benzene rings is 1. The molecule has 1 atom stereocenters. The van der Waals surface area contributed by atoms with Crippen molar-refractivity contribution in [3.63, 3.8) is 0 Å². The van der Waals surface area contributed by atoms with Crippen molar-refractivity contribution in [3.05, 3.63) is 33.8 Å². The van der Waals surface area contributed by atoms with E-state index in [1.54, 1.807) is 17.0 Å². The highest BCUT2D eigenvalue weighted by Gasteiger charge is 2.27. The fraction of sp³-hybridized carbons (Fsp3) is 0.600. The predicted octanol–water partition coefficient (Wildman–Crippen LogP) is 6.03. The van der Waals surface area contributed by atoms with Crippen molar-refractivity contribution in [2.24, 2.45) is 5.92 Å². The summed E-state index contributed by atoms with van der Waals surface area (Å²) in [6, 6.07) is 7.76. The minimum Gasteiger partial charge on any atom is -0.444 e. The van der Waals surface area contributed by atoms with Gasteiger partial charge in [-0.25, -0.2) is 4.79 Å². The molecular weight excluding hydrogens is 371 g/mol. The molecule has 1 aliphatic heterocycles. The van der Waals surface area contributed by atoms with Gasteiger partial charge in [0.25, 0.3) is 0 Å². The maximum atomic E-state index is 12.1. The van der Waals surface area contributed by atoms with Gasteiger partial charge in [-0.15, -0.1) is 0 Å². The highest BCUT2D eigenvalue weighted by atomic mass is 35.5. The van der Waals surface area contributed by atoms with Crippen LogP contribution < -0.4 is 0 Å². The molecule has 1 aliphatic rings. The summed E-state index contributed by atoms with van der Waals surface area (Å²) in [5.41, 5.74) is 0.446. The topological polar surface area (TPSA) is 53.3 Å². The Hall–Kier alpha value is -1.44. The third-order valence-electron chi connectivity index (χ3n) is 4.63. The van der Waals surface area contributed by atoms with E-state index in [-0.39, 0.29) is 12.0 Å². The number of carbonyl (C=O) groups excluding carboxylic acids is 1. The lowest BCUT2D eigenvalue weighted by atomic mass is 9.87. The van der Waals surface area contributed by atoms with Crippen LogP contribution in [0.3, 0.4) is 0 Å². The number of piperidine rings is 1. The molecule has 0 radical (unpaired) electrons. The molecule has 1 aromatic rings. The van der Waals surface area contributed by atoms with Gasteiger partial charge in [0, 0.05) is 13.1 Å². The van der Waals surface area contributed by atoms with Gasteiger partial charge in [0.15, 0.2) is 0 Å². The Labute approximate surface area is 166 Å². The van der Waals surface area contributed by atoms with Gasteiger partial charge < -0.3 is 9.64 Å². The first kappa shape index (κ1) is 20.9. The van der Waals surface area contributed by atoms with Crippen LogP contribution in [0.4, 0.5) is 4.79 Å². The second-order valence-corrected chi connectivity index (χ2v) is 8.66. The average Bonchev–Trinajstić information content (AvgIpc) is 2.57. The van der Waals surface area contributed by atoms with E-state index >= 15 is 0 Å². The van der Waals surface area contributed by atoms with Gasteiger partial charge in [-0.3, -0.25) is 0 Å². The third-order valence-corrected chi connectivity index (χ3v) is 5.37. The summed E-state index contributed by atoms with van der Waals surface area (Å²) in [6.45, 7) is 7.06. The maximum absolute atomic E-state index is 12.1. The maximum Gasteiger partial charge on any atom is 0.410 e. The van der Waals surface area contributed by atoms with E-state index in [1.165, 1.54) is 0 Å². The fourth-order valence-corrected chi connectivity index (χ4v) is 3.47. The van der Waals surface area contributed by atoms with Crippen LogP contribution in [0, 0.1) is 17.2 Å². The Kier molecular flexibility index (Phi) is 7.20. The van der Waals surface area contributed by atoms with Crippen molar-refractivity contribution in [1.82, 2.24) is 4.90 Å². The Balaban J connectivity index is 1.82. The molecule has 0 bridgehead atoms. The summed E-state index contributed by atoms with van der Waals surface area (Å²) in [5.74, 6) is 0.334. The lowest BCUT2D eigenvalue weighted by molar-refractivity contribution is 0.0180.